The van der Waals surface area contributed by atoms with Crippen molar-refractivity contribution in [2.45, 2.75) is 122 Å². The molecule has 1 unspecified atom stereocenters. The summed E-state index contributed by atoms with van der Waals surface area (Å²) in [6.45, 7) is 6.04. The van der Waals surface area contributed by atoms with Crippen LogP contribution in [0.4, 0.5) is 0 Å². The molecule has 0 aromatic rings. The van der Waals surface area contributed by atoms with Crippen LogP contribution < -0.4 is 5.32 Å². The number of rotatable bonds is 21. The molecule has 0 fully saturated rings. The molecule has 0 aliphatic heterocycles. The largest absolute Gasteiger partial charge is 0.481 e. The fourth-order valence-electron chi connectivity index (χ4n) is 3.47. The molecule has 0 aromatic carbocycles. The van der Waals surface area contributed by atoms with Gasteiger partial charge in [-0.25, -0.2) is 4.79 Å². The standard InChI is InChI=1S/C24H43NO5/c1-20(2)17-15-13-11-9-7-5-3-4-6-8-10-12-14-16-18-22(26)25-21(24(29)30)19-23(27)28/h21H,1,3-19H2,2H3,(H,25,26)(H,27,28)(H,29,30). The highest BCUT2D eigenvalue weighted by Gasteiger charge is 2.22. The molecule has 0 aromatic heterocycles. The number of amides is 1. The normalized spacial score (nSPS) is 11.8. The van der Waals surface area contributed by atoms with Crippen molar-refractivity contribution in [3.05, 3.63) is 12.2 Å². The highest BCUT2D eigenvalue weighted by molar-refractivity contribution is 5.86. The quantitative estimate of drug-likeness (QED) is 0.158. The number of carbonyl (C=O) groups excluding carboxylic acids is 1. The second-order valence-corrected chi connectivity index (χ2v) is 8.46. The topological polar surface area (TPSA) is 104 Å². The molecule has 1 amide bonds. The number of unbranched alkanes of at least 4 members (excludes halogenated alkanes) is 13. The minimum Gasteiger partial charge on any atom is -0.481 e. The van der Waals surface area contributed by atoms with E-state index in [1.807, 2.05) is 0 Å². The highest BCUT2D eigenvalue weighted by Crippen LogP contribution is 2.14. The lowest BCUT2D eigenvalue weighted by Gasteiger charge is -2.12. The van der Waals surface area contributed by atoms with E-state index in [0.717, 1.165) is 12.8 Å². The second-order valence-electron chi connectivity index (χ2n) is 8.46. The third kappa shape index (κ3) is 19.5. The molecule has 6 heteroatoms. The van der Waals surface area contributed by atoms with Crippen molar-refractivity contribution >= 4 is 17.8 Å². The molecule has 30 heavy (non-hydrogen) atoms. The summed E-state index contributed by atoms with van der Waals surface area (Å²) in [4.78, 5) is 33.3. The Morgan fingerprint density at radius 2 is 1.07 bits per heavy atom. The molecule has 0 aliphatic carbocycles. The predicted molar refractivity (Wildman–Crippen MR) is 121 cm³/mol. The van der Waals surface area contributed by atoms with Gasteiger partial charge in [-0.2, -0.15) is 0 Å². The van der Waals surface area contributed by atoms with Gasteiger partial charge >= 0.3 is 11.9 Å². The Labute approximate surface area is 182 Å². The first-order chi connectivity index (χ1) is 14.3. The molecule has 0 saturated heterocycles. The van der Waals surface area contributed by atoms with Crippen LogP contribution in [0.5, 0.6) is 0 Å². The number of aliphatic carboxylic acids is 2. The summed E-state index contributed by atoms with van der Waals surface area (Å²) in [5.74, 6) is -2.94. The predicted octanol–water partition coefficient (Wildman–Crippen LogP) is 5.85. The summed E-state index contributed by atoms with van der Waals surface area (Å²) >= 11 is 0. The van der Waals surface area contributed by atoms with E-state index in [9.17, 15) is 14.4 Å². The lowest BCUT2D eigenvalue weighted by molar-refractivity contribution is -0.147. The number of hydrogen-bond acceptors (Lipinski definition) is 3. The molecule has 0 spiro atoms. The molecule has 0 bridgehead atoms. The van der Waals surface area contributed by atoms with Gasteiger partial charge in [0.1, 0.15) is 6.04 Å². The van der Waals surface area contributed by atoms with E-state index in [1.165, 1.54) is 82.6 Å². The zero-order valence-corrected chi connectivity index (χ0v) is 18.9. The van der Waals surface area contributed by atoms with Crippen LogP contribution in [0.15, 0.2) is 12.2 Å². The lowest BCUT2D eigenvalue weighted by atomic mass is 10.0. The number of nitrogens with one attached hydrogen (secondary N) is 1. The third-order valence-corrected chi connectivity index (χ3v) is 5.27. The highest BCUT2D eigenvalue weighted by atomic mass is 16.4. The molecule has 0 aliphatic rings. The SMILES string of the molecule is C=C(C)CCCCCCCCCCCCCCCCC(=O)NC(CC(=O)O)C(=O)O. The summed E-state index contributed by atoms with van der Waals surface area (Å²) in [5.41, 5.74) is 1.29. The Morgan fingerprint density at radius 3 is 1.40 bits per heavy atom. The molecule has 3 N–H and O–H groups in total. The van der Waals surface area contributed by atoms with Gasteiger partial charge < -0.3 is 15.5 Å². The maximum absolute atomic E-state index is 11.7. The van der Waals surface area contributed by atoms with Gasteiger partial charge in [0.2, 0.25) is 5.91 Å². The lowest BCUT2D eigenvalue weighted by Crippen LogP contribution is -2.42. The van der Waals surface area contributed by atoms with E-state index in [2.05, 4.69) is 18.8 Å². The summed E-state index contributed by atoms with van der Waals surface area (Å²) in [6, 6.07) is -1.35. The molecule has 174 valence electrons. The van der Waals surface area contributed by atoms with Crippen LogP contribution in [0, 0.1) is 0 Å². The van der Waals surface area contributed by atoms with Crippen molar-refractivity contribution in [2.75, 3.05) is 0 Å². The minimum atomic E-state index is -1.35. The zero-order valence-electron chi connectivity index (χ0n) is 18.9. The fourth-order valence-corrected chi connectivity index (χ4v) is 3.47. The van der Waals surface area contributed by atoms with Gasteiger partial charge in [0.15, 0.2) is 0 Å². The molecular weight excluding hydrogens is 382 g/mol. The molecular formula is C24H43NO5. The van der Waals surface area contributed by atoms with E-state index in [4.69, 9.17) is 10.2 Å². The zero-order chi connectivity index (χ0) is 22.6. The maximum Gasteiger partial charge on any atom is 0.326 e. The molecule has 0 radical (unpaired) electrons. The van der Waals surface area contributed by atoms with Gasteiger partial charge in [0.25, 0.3) is 0 Å². The number of hydrogen-bond donors (Lipinski definition) is 3. The van der Waals surface area contributed by atoms with Crippen LogP contribution in [0.3, 0.4) is 0 Å². The minimum absolute atomic E-state index is 0.247. The van der Waals surface area contributed by atoms with Gasteiger partial charge in [-0.1, -0.05) is 82.6 Å². The Bertz CT molecular complexity index is 504. The molecule has 6 nitrogen and oxygen atoms in total. The van der Waals surface area contributed by atoms with Crippen molar-refractivity contribution in [3.63, 3.8) is 0 Å². The van der Waals surface area contributed by atoms with Crippen LogP contribution in [-0.2, 0) is 14.4 Å². The summed E-state index contributed by atoms with van der Waals surface area (Å²) < 4.78 is 0. The average Bonchev–Trinajstić information content (AvgIpc) is 2.66. The van der Waals surface area contributed by atoms with E-state index < -0.39 is 24.4 Å². The van der Waals surface area contributed by atoms with Crippen LogP contribution in [0.2, 0.25) is 0 Å². The molecule has 0 heterocycles. The number of carboxylic acid groups (broad SMARTS) is 2. The molecule has 0 rings (SSSR count). The first-order valence-electron chi connectivity index (χ1n) is 11.7. The van der Waals surface area contributed by atoms with Crippen LogP contribution in [0.25, 0.3) is 0 Å². The van der Waals surface area contributed by atoms with E-state index in [-0.39, 0.29) is 12.3 Å². The van der Waals surface area contributed by atoms with E-state index in [0.29, 0.717) is 6.42 Å². The first kappa shape index (κ1) is 28.1. The van der Waals surface area contributed by atoms with Gasteiger partial charge in [-0.05, 0) is 26.2 Å². The van der Waals surface area contributed by atoms with Gasteiger partial charge in [-0.15, -0.1) is 6.58 Å². The Morgan fingerprint density at radius 1 is 0.700 bits per heavy atom. The van der Waals surface area contributed by atoms with E-state index in [1.54, 1.807) is 0 Å². The summed E-state index contributed by atoms with van der Waals surface area (Å²) in [6.07, 6.45) is 17.9. The maximum atomic E-state index is 11.7. The third-order valence-electron chi connectivity index (χ3n) is 5.27. The van der Waals surface area contributed by atoms with Crippen LogP contribution in [0.1, 0.15) is 116 Å². The van der Waals surface area contributed by atoms with Crippen molar-refractivity contribution in [1.82, 2.24) is 5.32 Å². The Kier molecular flexibility index (Phi) is 18.0. The number of carbonyl (C=O) groups is 3. The van der Waals surface area contributed by atoms with Gasteiger partial charge in [0.05, 0.1) is 6.42 Å². The molecule has 1 atom stereocenters. The monoisotopic (exact) mass is 425 g/mol. The van der Waals surface area contributed by atoms with Crippen LogP contribution >= 0.6 is 0 Å². The Hall–Kier alpha value is -1.85. The Balaban J connectivity index is 3.39. The smallest absolute Gasteiger partial charge is 0.326 e. The summed E-state index contributed by atoms with van der Waals surface area (Å²) in [5, 5.41) is 19.9. The molecule has 0 saturated carbocycles. The van der Waals surface area contributed by atoms with E-state index >= 15 is 0 Å². The van der Waals surface area contributed by atoms with Crippen molar-refractivity contribution in [2.24, 2.45) is 0 Å². The van der Waals surface area contributed by atoms with Crippen molar-refractivity contribution in [1.29, 1.82) is 0 Å². The number of allylic oxidation sites excluding steroid dienone is 1. The average molecular weight is 426 g/mol. The van der Waals surface area contributed by atoms with Crippen LogP contribution in [-0.4, -0.2) is 34.1 Å². The fraction of sp³-hybridized carbons (Fsp3) is 0.792. The van der Waals surface area contributed by atoms with Gasteiger partial charge in [0, 0.05) is 6.42 Å². The second kappa shape index (κ2) is 19.1. The van der Waals surface area contributed by atoms with Gasteiger partial charge in [-0.3, -0.25) is 9.59 Å². The van der Waals surface area contributed by atoms with Crippen molar-refractivity contribution < 1.29 is 24.6 Å². The number of carboxylic acids is 2. The van der Waals surface area contributed by atoms with Crippen molar-refractivity contribution in [3.8, 4) is 0 Å². The first-order valence-corrected chi connectivity index (χ1v) is 11.7. The summed E-state index contributed by atoms with van der Waals surface area (Å²) in [7, 11) is 0.